The smallest absolute Gasteiger partial charge is 0.238 e. The largest absolute Gasteiger partial charge is 0.365 e. The molecule has 2 aromatic carbocycles. The molecule has 10 nitrogen and oxygen atoms in total. The maximum absolute atomic E-state index is 11.6. The van der Waals surface area contributed by atoms with E-state index < -0.39 is 20.0 Å². The molecule has 4 rings (SSSR count). The Hall–Kier alpha value is -3.32. The summed E-state index contributed by atoms with van der Waals surface area (Å²) in [4.78, 5) is 11.6. The molecule has 0 aliphatic rings. The summed E-state index contributed by atoms with van der Waals surface area (Å²) in [6, 6.07) is 12.5. The summed E-state index contributed by atoms with van der Waals surface area (Å²) in [5.41, 5.74) is 2.79. The number of primary sulfonamides is 2. The number of rotatable bonds is 6. The number of H-pyrrole nitrogens is 1. The Kier molecular flexibility index (Phi) is 5.23. The van der Waals surface area contributed by atoms with Crippen molar-refractivity contribution in [1.29, 1.82) is 0 Å². The Balaban J connectivity index is 1.68. The fraction of sp³-hybridized carbons (Fsp3) is 0.0526. The predicted molar refractivity (Wildman–Crippen MR) is 116 cm³/mol. The van der Waals surface area contributed by atoms with Crippen LogP contribution in [-0.2, 0) is 26.6 Å². The van der Waals surface area contributed by atoms with Gasteiger partial charge in [0.25, 0.3) is 0 Å². The van der Waals surface area contributed by atoms with Gasteiger partial charge < -0.3 is 10.3 Å². The zero-order valence-corrected chi connectivity index (χ0v) is 17.6. The molecule has 0 spiro atoms. The fourth-order valence-electron chi connectivity index (χ4n) is 3.17. The van der Waals surface area contributed by atoms with E-state index >= 15 is 0 Å². The van der Waals surface area contributed by atoms with E-state index in [0.29, 0.717) is 29.0 Å². The van der Waals surface area contributed by atoms with Crippen LogP contribution in [0, 0.1) is 0 Å². The predicted octanol–water partition coefficient (Wildman–Crippen LogP) is 1.53. The number of benzene rings is 2. The lowest BCUT2D eigenvalue weighted by molar-refractivity contribution is 0.596. The standard InChI is InChI=1S/C19H18N6O4S2/c20-30(26,27)14-6-4-13(5-7-14)16-10-23-19-17(16)18(24-11-25-19)22-9-12-2-1-3-15(8-12)31(21,28)29/h1-8,10-11H,9H2,(H2,20,26,27)(H2,21,28,29)(H2,22,23,24,25). The summed E-state index contributed by atoms with van der Waals surface area (Å²) in [5, 5.41) is 14.3. The third-order valence-electron chi connectivity index (χ3n) is 4.65. The van der Waals surface area contributed by atoms with Crippen LogP contribution >= 0.6 is 0 Å². The van der Waals surface area contributed by atoms with Gasteiger partial charge in [-0.3, -0.25) is 0 Å². The number of anilines is 1. The van der Waals surface area contributed by atoms with Crippen molar-refractivity contribution >= 4 is 36.9 Å². The van der Waals surface area contributed by atoms with Gasteiger partial charge in [-0.05, 0) is 35.4 Å². The first-order chi connectivity index (χ1) is 14.6. The number of hydrogen-bond donors (Lipinski definition) is 4. The first kappa shape index (κ1) is 20.9. The number of nitrogens with one attached hydrogen (secondary N) is 2. The fourth-order valence-corrected chi connectivity index (χ4v) is 4.27. The van der Waals surface area contributed by atoms with E-state index in [-0.39, 0.29) is 9.79 Å². The maximum Gasteiger partial charge on any atom is 0.238 e. The molecular formula is C19H18N6O4S2. The normalized spacial score (nSPS) is 12.2. The molecule has 0 aliphatic heterocycles. The van der Waals surface area contributed by atoms with Gasteiger partial charge >= 0.3 is 0 Å². The Morgan fingerprint density at radius 3 is 2.29 bits per heavy atom. The molecule has 2 heterocycles. The molecule has 0 aliphatic carbocycles. The highest BCUT2D eigenvalue weighted by Crippen LogP contribution is 2.32. The van der Waals surface area contributed by atoms with E-state index in [4.69, 9.17) is 10.3 Å². The van der Waals surface area contributed by atoms with E-state index in [9.17, 15) is 16.8 Å². The second kappa shape index (κ2) is 7.74. The van der Waals surface area contributed by atoms with Crippen molar-refractivity contribution in [2.45, 2.75) is 16.3 Å². The van der Waals surface area contributed by atoms with E-state index in [2.05, 4.69) is 20.3 Å². The molecule has 0 amide bonds. The molecule has 6 N–H and O–H groups in total. The number of hydrogen-bond acceptors (Lipinski definition) is 7. The molecule has 0 unspecified atom stereocenters. The molecule has 2 aromatic heterocycles. The number of sulfonamides is 2. The minimum absolute atomic E-state index is 0.0143. The second-order valence-corrected chi connectivity index (χ2v) is 9.89. The number of fused-ring (bicyclic) bond motifs is 1. The van der Waals surface area contributed by atoms with E-state index in [1.54, 1.807) is 30.5 Å². The highest BCUT2D eigenvalue weighted by Gasteiger charge is 2.15. The number of aromatic amines is 1. The van der Waals surface area contributed by atoms with Crippen LogP contribution in [0.25, 0.3) is 22.2 Å². The average Bonchev–Trinajstić information content (AvgIpc) is 3.16. The highest BCUT2D eigenvalue weighted by atomic mass is 32.2. The molecule has 0 bridgehead atoms. The molecule has 0 saturated carbocycles. The SMILES string of the molecule is NS(=O)(=O)c1ccc(-c2c[nH]c3ncnc(NCc4cccc(S(N)(=O)=O)c4)c23)cc1. The lowest BCUT2D eigenvalue weighted by atomic mass is 10.1. The second-order valence-electron chi connectivity index (χ2n) is 6.76. The Morgan fingerprint density at radius 1 is 0.903 bits per heavy atom. The topological polar surface area (TPSA) is 174 Å². The van der Waals surface area contributed by atoms with Gasteiger partial charge in [0.2, 0.25) is 20.0 Å². The van der Waals surface area contributed by atoms with E-state index in [1.165, 1.54) is 30.6 Å². The molecule has 0 atom stereocenters. The summed E-state index contributed by atoms with van der Waals surface area (Å²) in [6.45, 7) is 0.296. The van der Waals surface area contributed by atoms with Crippen molar-refractivity contribution in [3.05, 3.63) is 66.6 Å². The van der Waals surface area contributed by atoms with Gasteiger partial charge in [-0.15, -0.1) is 0 Å². The van der Waals surface area contributed by atoms with Crippen LogP contribution in [0.5, 0.6) is 0 Å². The molecule has 31 heavy (non-hydrogen) atoms. The van der Waals surface area contributed by atoms with Gasteiger partial charge in [0.1, 0.15) is 17.8 Å². The number of nitrogens with zero attached hydrogens (tertiary/aromatic N) is 2. The average molecular weight is 459 g/mol. The van der Waals surface area contributed by atoms with Crippen molar-refractivity contribution in [2.75, 3.05) is 5.32 Å². The molecule has 12 heteroatoms. The minimum Gasteiger partial charge on any atom is -0.365 e. The number of aromatic nitrogens is 3. The Morgan fingerprint density at radius 2 is 1.61 bits per heavy atom. The monoisotopic (exact) mass is 458 g/mol. The van der Waals surface area contributed by atoms with Gasteiger partial charge in [0.15, 0.2) is 0 Å². The van der Waals surface area contributed by atoms with Crippen LogP contribution in [0.4, 0.5) is 5.82 Å². The van der Waals surface area contributed by atoms with Gasteiger partial charge in [0.05, 0.1) is 15.2 Å². The molecular weight excluding hydrogens is 440 g/mol. The van der Waals surface area contributed by atoms with Crippen molar-refractivity contribution in [3.8, 4) is 11.1 Å². The van der Waals surface area contributed by atoms with Crippen molar-refractivity contribution < 1.29 is 16.8 Å². The zero-order chi connectivity index (χ0) is 22.2. The molecule has 0 fully saturated rings. The van der Waals surface area contributed by atoms with Crippen molar-refractivity contribution in [2.24, 2.45) is 10.3 Å². The molecule has 160 valence electrons. The van der Waals surface area contributed by atoms with Crippen LogP contribution in [-0.4, -0.2) is 31.8 Å². The Bertz CT molecular complexity index is 1480. The van der Waals surface area contributed by atoms with Crippen molar-refractivity contribution in [3.63, 3.8) is 0 Å². The third kappa shape index (κ3) is 4.41. The Labute approximate surface area is 178 Å². The minimum atomic E-state index is -3.80. The van der Waals surface area contributed by atoms with Crippen LogP contribution < -0.4 is 15.6 Å². The van der Waals surface area contributed by atoms with Crippen LogP contribution in [0.1, 0.15) is 5.56 Å². The van der Waals surface area contributed by atoms with Crippen LogP contribution in [0.2, 0.25) is 0 Å². The first-order valence-corrected chi connectivity index (χ1v) is 12.0. The summed E-state index contributed by atoms with van der Waals surface area (Å²) in [5.74, 6) is 0.526. The molecule has 0 saturated heterocycles. The molecule has 4 aromatic rings. The number of nitrogens with two attached hydrogens (primary N) is 2. The van der Waals surface area contributed by atoms with Gasteiger partial charge in [-0.1, -0.05) is 24.3 Å². The summed E-state index contributed by atoms with van der Waals surface area (Å²) in [6.07, 6.45) is 3.15. The summed E-state index contributed by atoms with van der Waals surface area (Å²) in [7, 11) is -7.59. The zero-order valence-electron chi connectivity index (χ0n) is 16.0. The maximum atomic E-state index is 11.6. The third-order valence-corrected chi connectivity index (χ3v) is 6.49. The lowest BCUT2D eigenvalue weighted by Crippen LogP contribution is -2.12. The van der Waals surface area contributed by atoms with Gasteiger partial charge in [-0.2, -0.15) is 0 Å². The lowest BCUT2D eigenvalue weighted by Gasteiger charge is -2.09. The van der Waals surface area contributed by atoms with Crippen LogP contribution in [0.3, 0.4) is 0 Å². The van der Waals surface area contributed by atoms with Gasteiger partial charge in [-0.25, -0.2) is 37.1 Å². The summed E-state index contributed by atoms with van der Waals surface area (Å²) < 4.78 is 46.1. The molecule has 0 radical (unpaired) electrons. The highest BCUT2D eigenvalue weighted by molar-refractivity contribution is 7.89. The van der Waals surface area contributed by atoms with E-state index in [0.717, 1.165) is 11.1 Å². The van der Waals surface area contributed by atoms with Crippen LogP contribution in [0.15, 0.2) is 70.8 Å². The van der Waals surface area contributed by atoms with Gasteiger partial charge in [0, 0.05) is 18.3 Å². The van der Waals surface area contributed by atoms with E-state index in [1.807, 2.05) is 0 Å². The van der Waals surface area contributed by atoms with Crippen molar-refractivity contribution in [1.82, 2.24) is 15.0 Å². The quantitative estimate of drug-likeness (QED) is 0.339. The first-order valence-electron chi connectivity index (χ1n) is 8.94. The summed E-state index contributed by atoms with van der Waals surface area (Å²) >= 11 is 0.